The minimum atomic E-state index is 0.711. The average molecular weight is 589 g/mol. The van der Waals surface area contributed by atoms with Gasteiger partial charge in [-0.3, -0.25) is 8.97 Å². The maximum absolute atomic E-state index is 5.12. The number of para-hydroxylation sites is 4. The Bertz CT molecular complexity index is 2450. The SMILES string of the molecule is c1ccc(-c2cc(-c3cccc(-c4c5ccccc5n5c6ccccc6n(-c6ccccc6)c45)c3)nc(-c3ccccc3)n2)cc1. The molecule has 6 aromatic carbocycles. The van der Waals surface area contributed by atoms with Crippen molar-refractivity contribution in [1.29, 1.82) is 0 Å². The van der Waals surface area contributed by atoms with E-state index in [1.807, 2.05) is 24.3 Å². The first-order valence-corrected chi connectivity index (χ1v) is 15.5. The third kappa shape index (κ3) is 4.23. The maximum atomic E-state index is 5.12. The molecule has 3 aromatic heterocycles. The van der Waals surface area contributed by atoms with Crippen molar-refractivity contribution >= 4 is 27.6 Å². The predicted octanol–water partition coefficient (Wildman–Crippen LogP) is 10.5. The van der Waals surface area contributed by atoms with Gasteiger partial charge in [-0.05, 0) is 48.0 Å². The summed E-state index contributed by atoms with van der Waals surface area (Å²) < 4.78 is 4.80. The lowest BCUT2D eigenvalue weighted by atomic mass is 9.99. The minimum absolute atomic E-state index is 0.711. The van der Waals surface area contributed by atoms with Gasteiger partial charge in [0.15, 0.2) is 5.82 Å². The van der Waals surface area contributed by atoms with Crippen LogP contribution in [0, 0.1) is 0 Å². The van der Waals surface area contributed by atoms with Crippen LogP contribution < -0.4 is 0 Å². The third-order valence-corrected chi connectivity index (χ3v) is 8.71. The van der Waals surface area contributed by atoms with Gasteiger partial charge in [-0.2, -0.15) is 0 Å². The van der Waals surface area contributed by atoms with Crippen molar-refractivity contribution < 1.29 is 0 Å². The molecule has 0 aliphatic heterocycles. The zero-order valence-corrected chi connectivity index (χ0v) is 25.0. The fourth-order valence-electron chi connectivity index (χ4n) is 6.66. The molecule has 0 fully saturated rings. The van der Waals surface area contributed by atoms with E-state index in [9.17, 15) is 0 Å². The molecule has 0 saturated heterocycles. The van der Waals surface area contributed by atoms with Crippen molar-refractivity contribution in [3.8, 4) is 50.7 Å². The minimum Gasteiger partial charge on any atom is -0.293 e. The molecule has 0 amide bonds. The van der Waals surface area contributed by atoms with Gasteiger partial charge in [0.25, 0.3) is 0 Å². The first kappa shape index (κ1) is 26.2. The Kier molecular flexibility index (Phi) is 6.10. The van der Waals surface area contributed by atoms with E-state index in [4.69, 9.17) is 9.97 Å². The van der Waals surface area contributed by atoms with E-state index >= 15 is 0 Å². The van der Waals surface area contributed by atoms with Gasteiger partial charge >= 0.3 is 0 Å². The molecule has 4 nitrogen and oxygen atoms in total. The summed E-state index contributed by atoms with van der Waals surface area (Å²) in [7, 11) is 0. The summed E-state index contributed by atoms with van der Waals surface area (Å²) in [5, 5.41) is 1.21. The summed E-state index contributed by atoms with van der Waals surface area (Å²) in [6.45, 7) is 0. The topological polar surface area (TPSA) is 35.1 Å². The summed E-state index contributed by atoms with van der Waals surface area (Å²) in [4.78, 5) is 10.1. The highest BCUT2D eigenvalue weighted by Crippen LogP contribution is 2.41. The zero-order valence-electron chi connectivity index (χ0n) is 25.0. The van der Waals surface area contributed by atoms with Crippen LogP contribution in [0.5, 0.6) is 0 Å². The fraction of sp³-hybridized carbons (Fsp3) is 0. The van der Waals surface area contributed by atoms with Crippen LogP contribution in [0.4, 0.5) is 0 Å². The average Bonchev–Trinajstić information content (AvgIpc) is 3.65. The Morgan fingerprint density at radius 2 is 0.935 bits per heavy atom. The van der Waals surface area contributed by atoms with Crippen molar-refractivity contribution in [3.05, 3.63) is 170 Å². The smallest absolute Gasteiger partial charge is 0.160 e. The molecule has 0 saturated carbocycles. The normalized spacial score (nSPS) is 11.5. The number of hydrogen-bond acceptors (Lipinski definition) is 2. The van der Waals surface area contributed by atoms with Gasteiger partial charge in [0.2, 0.25) is 0 Å². The molecule has 0 aliphatic carbocycles. The Labute approximate surface area is 266 Å². The molecular formula is C42H28N4. The standard InChI is InChI=1S/C42H28N4/c1-4-15-29(16-5-1)35-28-36(44-41(43-35)30-17-6-2-7-18-30)31-19-14-20-32(27-31)40-34-23-10-11-24-37(34)46-39-26-13-12-25-38(39)45(42(40)46)33-21-8-3-9-22-33/h1-28H. The first-order valence-electron chi connectivity index (χ1n) is 15.5. The highest BCUT2D eigenvalue weighted by Gasteiger charge is 2.22. The molecule has 0 aliphatic rings. The van der Waals surface area contributed by atoms with Crippen LogP contribution in [0.2, 0.25) is 0 Å². The summed E-state index contributed by atoms with van der Waals surface area (Å²) in [5.74, 6) is 0.711. The van der Waals surface area contributed by atoms with Crippen LogP contribution in [0.25, 0.3) is 78.3 Å². The molecule has 4 heteroatoms. The van der Waals surface area contributed by atoms with Crippen LogP contribution in [-0.2, 0) is 0 Å². The largest absolute Gasteiger partial charge is 0.293 e. The van der Waals surface area contributed by atoms with E-state index in [0.29, 0.717) is 5.82 Å². The molecule has 0 spiro atoms. The number of aromatic nitrogens is 4. The molecule has 46 heavy (non-hydrogen) atoms. The van der Waals surface area contributed by atoms with Gasteiger partial charge in [-0.1, -0.05) is 127 Å². The van der Waals surface area contributed by atoms with Crippen molar-refractivity contribution in [2.45, 2.75) is 0 Å². The molecule has 9 aromatic rings. The third-order valence-electron chi connectivity index (χ3n) is 8.71. The highest BCUT2D eigenvalue weighted by molar-refractivity contribution is 6.09. The maximum Gasteiger partial charge on any atom is 0.160 e. The van der Waals surface area contributed by atoms with Crippen molar-refractivity contribution in [2.75, 3.05) is 0 Å². The molecular weight excluding hydrogens is 560 g/mol. The van der Waals surface area contributed by atoms with Crippen LogP contribution in [-0.4, -0.2) is 18.9 Å². The summed E-state index contributed by atoms with van der Waals surface area (Å²) in [6.07, 6.45) is 0. The predicted molar refractivity (Wildman–Crippen MR) is 189 cm³/mol. The Morgan fingerprint density at radius 3 is 1.67 bits per heavy atom. The second-order valence-corrected chi connectivity index (χ2v) is 11.5. The van der Waals surface area contributed by atoms with Crippen LogP contribution in [0.15, 0.2) is 170 Å². The Hall–Kier alpha value is -6.26. The van der Waals surface area contributed by atoms with E-state index < -0.39 is 0 Å². The first-order chi connectivity index (χ1) is 22.8. The zero-order chi connectivity index (χ0) is 30.5. The van der Waals surface area contributed by atoms with E-state index in [2.05, 4.69) is 155 Å². The van der Waals surface area contributed by atoms with Crippen LogP contribution in [0.3, 0.4) is 0 Å². The van der Waals surface area contributed by atoms with Crippen LogP contribution >= 0.6 is 0 Å². The summed E-state index contributed by atoms with van der Waals surface area (Å²) in [5.41, 5.74) is 13.0. The molecule has 9 rings (SSSR count). The van der Waals surface area contributed by atoms with E-state index in [1.54, 1.807) is 0 Å². The number of benzene rings is 6. The van der Waals surface area contributed by atoms with Gasteiger partial charge in [0.1, 0.15) is 5.65 Å². The van der Waals surface area contributed by atoms with Crippen molar-refractivity contribution in [1.82, 2.24) is 18.9 Å². The van der Waals surface area contributed by atoms with E-state index in [-0.39, 0.29) is 0 Å². The second kappa shape index (κ2) is 10.7. The van der Waals surface area contributed by atoms with Crippen LogP contribution in [0.1, 0.15) is 0 Å². The second-order valence-electron chi connectivity index (χ2n) is 11.5. The lowest BCUT2D eigenvalue weighted by molar-refractivity contribution is 1.15. The van der Waals surface area contributed by atoms with Crippen molar-refractivity contribution in [2.24, 2.45) is 0 Å². The number of hydrogen-bond donors (Lipinski definition) is 0. The van der Waals surface area contributed by atoms with Gasteiger partial charge in [0.05, 0.1) is 27.9 Å². The summed E-state index contributed by atoms with van der Waals surface area (Å²) >= 11 is 0. The molecule has 216 valence electrons. The number of rotatable bonds is 5. The quantitative estimate of drug-likeness (QED) is 0.200. The number of fused-ring (bicyclic) bond motifs is 5. The lowest BCUT2D eigenvalue weighted by Gasteiger charge is -2.12. The molecule has 0 N–H and O–H groups in total. The Balaban J connectivity index is 1.32. The summed E-state index contributed by atoms with van der Waals surface area (Å²) in [6, 6.07) is 59.5. The van der Waals surface area contributed by atoms with Gasteiger partial charge in [0, 0.05) is 33.3 Å². The fourth-order valence-corrected chi connectivity index (χ4v) is 6.66. The van der Waals surface area contributed by atoms with Gasteiger partial charge in [-0.15, -0.1) is 0 Å². The molecule has 0 atom stereocenters. The van der Waals surface area contributed by atoms with Crippen molar-refractivity contribution in [3.63, 3.8) is 0 Å². The number of nitrogens with zero attached hydrogens (tertiary/aromatic N) is 4. The highest BCUT2D eigenvalue weighted by atomic mass is 15.1. The molecule has 0 radical (unpaired) electrons. The van der Waals surface area contributed by atoms with Gasteiger partial charge < -0.3 is 0 Å². The Morgan fingerprint density at radius 1 is 0.391 bits per heavy atom. The van der Waals surface area contributed by atoms with E-state index in [1.165, 1.54) is 27.5 Å². The monoisotopic (exact) mass is 588 g/mol. The molecule has 0 bridgehead atoms. The molecule has 3 heterocycles. The number of imidazole rings is 1. The van der Waals surface area contributed by atoms with Gasteiger partial charge in [-0.25, -0.2) is 9.97 Å². The lowest BCUT2D eigenvalue weighted by Crippen LogP contribution is -1.96. The van der Waals surface area contributed by atoms with E-state index in [0.717, 1.165) is 45.0 Å². The molecule has 0 unspecified atom stereocenters.